The second kappa shape index (κ2) is 14.0. The zero-order chi connectivity index (χ0) is 38.2. The van der Waals surface area contributed by atoms with Crippen LogP contribution < -0.4 is 9.46 Å². The summed E-state index contributed by atoms with van der Waals surface area (Å²) in [5.41, 5.74) is 7.85. The number of benzene rings is 2. The molecular weight excluding hydrogens is 713 g/mol. The third kappa shape index (κ3) is 6.11. The number of imidazole rings is 1. The number of nitrogens with one attached hydrogen (secondary N) is 1. The Kier molecular flexibility index (Phi) is 9.19. The molecule has 5 heterocycles. The Balaban J connectivity index is 1.23. The molecule has 55 heavy (non-hydrogen) atoms. The standard InChI is InChI=1S/C43H52N6O5S/c1-5-46-23-33-21-32(46)24-47(33)43(51)41-39(44-25-49(41)31-12-9-13-31)30-18-29-19-34(54-4)15-17-35(29)40-38(27-10-7-6-8-11-27)36-16-14-28(20-37(36)48(40)22-30)42(50)45-55(52,53)26(2)3/h14-20,25-27,31-33H,5-13,21-24H2,1-4H3,(H,45,50). The number of rotatable bonds is 9. The number of carbonyl (C=O) groups excluding carboxylic acids is 2. The zero-order valence-corrected chi connectivity index (χ0v) is 33.2. The van der Waals surface area contributed by atoms with Crippen molar-refractivity contribution in [1.82, 2.24) is 28.6 Å². The number of hydrogen-bond acceptors (Lipinski definition) is 7. The number of ether oxygens (including phenoxy) is 1. The van der Waals surface area contributed by atoms with Gasteiger partial charge in [-0.15, -0.1) is 0 Å². The third-order valence-electron chi connectivity index (χ3n) is 13.2. The predicted molar refractivity (Wildman–Crippen MR) is 215 cm³/mol. The Morgan fingerprint density at radius 2 is 1.76 bits per heavy atom. The number of carbonyl (C=O) groups is 2. The van der Waals surface area contributed by atoms with Gasteiger partial charge in [0.2, 0.25) is 10.0 Å². The first-order valence-electron chi connectivity index (χ1n) is 20.3. The van der Waals surface area contributed by atoms with Gasteiger partial charge in [-0.25, -0.2) is 18.1 Å². The van der Waals surface area contributed by atoms with Gasteiger partial charge in [0.05, 0.1) is 36.6 Å². The van der Waals surface area contributed by atoms with Gasteiger partial charge in [0.25, 0.3) is 11.8 Å². The summed E-state index contributed by atoms with van der Waals surface area (Å²) in [7, 11) is -2.15. The predicted octanol–water partition coefficient (Wildman–Crippen LogP) is 7.23. The van der Waals surface area contributed by atoms with Gasteiger partial charge < -0.3 is 18.8 Å². The summed E-state index contributed by atoms with van der Waals surface area (Å²) in [5, 5.41) is 0.319. The van der Waals surface area contributed by atoms with Gasteiger partial charge in [-0.2, -0.15) is 0 Å². The third-order valence-corrected chi connectivity index (χ3v) is 14.9. The van der Waals surface area contributed by atoms with Crippen molar-refractivity contribution in [2.45, 2.75) is 114 Å². The van der Waals surface area contributed by atoms with Crippen molar-refractivity contribution in [3.05, 3.63) is 70.8 Å². The molecule has 2 aromatic carbocycles. The van der Waals surface area contributed by atoms with E-state index >= 15 is 0 Å². The molecule has 4 fully saturated rings. The lowest BCUT2D eigenvalue weighted by Crippen LogP contribution is -2.49. The summed E-state index contributed by atoms with van der Waals surface area (Å²) in [6, 6.07) is 12.7. The number of sulfonamides is 1. The Morgan fingerprint density at radius 1 is 0.964 bits per heavy atom. The highest BCUT2D eigenvalue weighted by Crippen LogP contribution is 2.48. The average molecular weight is 765 g/mol. The number of allylic oxidation sites excluding steroid dienone is 1. The summed E-state index contributed by atoms with van der Waals surface area (Å²) in [5.74, 6) is 0.486. The first-order valence-corrected chi connectivity index (χ1v) is 21.8. The second-order valence-corrected chi connectivity index (χ2v) is 18.8. The van der Waals surface area contributed by atoms with Crippen molar-refractivity contribution in [3.63, 3.8) is 0 Å². The molecule has 2 aliphatic carbocycles. The molecule has 12 heteroatoms. The van der Waals surface area contributed by atoms with E-state index in [-0.39, 0.29) is 23.6 Å². The Bertz CT molecular complexity index is 2330. The summed E-state index contributed by atoms with van der Waals surface area (Å²) >= 11 is 0. The van der Waals surface area contributed by atoms with Gasteiger partial charge in [-0.05, 0) is 112 Å². The second-order valence-electron chi connectivity index (χ2n) is 16.6. The molecule has 1 N–H and O–H groups in total. The van der Waals surface area contributed by atoms with Crippen LogP contribution >= 0.6 is 0 Å². The number of likely N-dealkylation sites (N-methyl/N-ethyl adjacent to an activating group) is 1. The molecule has 0 radical (unpaired) electrons. The fourth-order valence-corrected chi connectivity index (χ4v) is 10.5. The van der Waals surface area contributed by atoms with Crippen LogP contribution in [0.25, 0.3) is 33.8 Å². The van der Waals surface area contributed by atoms with Crippen LogP contribution in [-0.2, 0) is 16.6 Å². The van der Waals surface area contributed by atoms with E-state index in [4.69, 9.17) is 9.72 Å². The normalized spacial score (nSPS) is 21.7. The zero-order valence-electron chi connectivity index (χ0n) is 32.4. The molecule has 2 atom stereocenters. The summed E-state index contributed by atoms with van der Waals surface area (Å²) in [6.45, 7) is 8.38. The van der Waals surface area contributed by atoms with E-state index in [1.165, 1.54) is 12.0 Å². The van der Waals surface area contributed by atoms with Gasteiger partial charge in [0.1, 0.15) is 11.4 Å². The molecule has 2 aromatic heterocycles. The minimum atomic E-state index is -3.83. The Hall–Kier alpha value is -4.42. The number of aromatic nitrogens is 3. The molecule has 3 aliphatic heterocycles. The SMILES string of the molecule is CCN1CC2CC1CN2C(=O)c1c(C2=Cc3cc(OC)ccc3-c3c(C4CCCCC4)c4ccc(C(=O)NS(=O)(=O)C(C)C)cc4n3C2)ncn1C1CCC1. The summed E-state index contributed by atoms with van der Waals surface area (Å²) in [4.78, 5) is 38.2. The van der Waals surface area contributed by atoms with Crippen LogP contribution in [0.3, 0.4) is 0 Å². The van der Waals surface area contributed by atoms with Gasteiger partial charge in [-0.3, -0.25) is 14.5 Å². The van der Waals surface area contributed by atoms with Crippen molar-refractivity contribution >= 4 is 44.4 Å². The fourth-order valence-electron chi connectivity index (χ4n) is 9.90. The Labute approximate surface area is 323 Å². The molecule has 11 nitrogen and oxygen atoms in total. The van der Waals surface area contributed by atoms with E-state index < -0.39 is 21.2 Å². The first-order chi connectivity index (χ1) is 26.6. The van der Waals surface area contributed by atoms with Gasteiger partial charge in [0.15, 0.2) is 0 Å². The van der Waals surface area contributed by atoms with Crippen LogP contribution in [-0.4, -0.2) is 88.2 Å². The minimum Gasteiger partial charge on any atom is -0.497 e. The van der Waals surface area contributed by atoms with E-state index in [1.54, 1.807) is 27.0 Å². The molecule has 2 saturated carbocycles. The fraction of sp³-hybridized carbons (Fsp3) is 0.512. The monoisotopic (exact) mass is 764 g/mol. The minimum absolute atomic E-state index is 0.0597. The molecule has 290 valence electrons. The number of amides is 2. The van der Waals surface area contributed by atoms with Crippen LogP contribution in [0.2, 0.25) is 0 Å². The van der Waals surface area contributed by atoms with E-state index in [2.05, 4.69) is 48.8 Å². The van der Waals surface area contributed by atoms with Crippen molar-refractivity contribution in [3.8, 4) is 17.0 Å². The van der Waals surface area contributed by atoms with E-state index in [9.17, 15) is 18.0 Å². The lowest BCUT2D eigenvalue weighted by atomic mass is 9.81. The van der Waals surface area contributed by atoms with Crippen LogP contribution in [0.5, 0.6) is 5.75 Å². The molecule has 2 unspecified atom stereocenters. The lowest BCUT2D eigenvalue weighted by Gasteiger charge is -2.35. The largest absolute Gasteiger partial charge is 0.497 e. The van der Waals surface area contributed by atoms with Crippen LogP contribution in [0.4, 0.5) is 0 Å². The number of fused-ring (bicyclic) bond motifs is 7. The average Bonchev–Trinajstić information content (AvgIpc) is 3.93. The highest BCUT2D eigenvalue weighted by Gasteiger charge is 2.46. The molecule has 2 amide bonds. The smallest absolute Gasteiger partial charge is 0.273 e. The van der Waals surface area contributed by atoms with E-state index in [0.717, 1.165) is 110 Å². The highest BCUT2D eigenvalue weighted by atomic mass is 32.2. The summed E-state index contributed by atoms with van der Waals surface area (Å²) < 4.78 is 38.1. The molecule has 2 saturated heterocycles. The highest BCUT2D eigenvalue weighted by molar-refractivity contribution is 7.90. The van der Waals surface area contributed by atoms with Crippen molar-refractivity contribution in [1.29, 1.82) is 0 Å². The number of piperazine rings is 1. The van der Waals surface area contributed by atoms with Crippen molar-refractivity contribution < 1.29 is 22.7 Å². The molecule has 9 rings (SSSR count). The number of nitrogens with zero attached hydrogens (tertiary/aromatic N) is 5. The van der Waals surface area contributed by atoms with Gasteiger partial charge >= 0.3 is 0 Å². The van der Waals surface area contributed by atoms with Crippen LogP contribution in [0, 0.1) is 0 Å². The molecular formula is C43H52N6O5S. The molecule has 2 bridgehead atoms. The van der Waals surface area contributed by atoms with Gasteiger partial charge in [-0.1, -0.05) is 32.3 Å². The summed E-state index contributed by atoms with van der Waals surface area (Å²) in [6.07, 6.45) is 14.0. The maximum Gasteiger partial charge on any atom is 0.273 e. The molecule has 4 aromatic rings. The van der Waals surface area contributed by atoms with E-state index in [0.29, 0.717) is 29.9 Å². The number of likely N-dealkylation sites (tertiary alicyclic amines) is 2. The van der Waals surface area contributed by atoms with Crippen molar-refractivity contribution in [2.75, 3.05) is 26.7 Å². The van der Waals surface area contributed by atoms with Crippen molar-refractivity contribution in [2.24, 2.45) is 0 Å². The van der Waals surface area contributed by atoms with E-state index in [1.807, 2.05) is 24.5 Å². The number of hydrogen-bond donors (Lipinski definition) is 1. The molecule has 5 aliphatic rings. The lowest BCUT2D eigenvalue weighted by molar-refractivity contribution is 0.0613. The number of methoxy groups -OCH3 is 1. The topological polar surface area (TPSA) is 119 Å². The maximum atomic E-state index is 14.9. The van der Waals surface area contributed by atoms with Crippen LogP contribution in [0.15, 0.2) is 42.7 Å². The van der Waals surface area contributed by atoms with Gasteiger partial charge in [0, 0.05) is 58.8 Å². The Morgan fingerprint density at radius 3 is 2.44 bits per heavy atom. The first kappa shape index (κ1) is 36.2. The van der Waals surface area contributed by atoms with Crippen LogP contribution in [0.1, 0.15) is 128 Å². The quantitative estimate of drug-likeness (QED) is 0.191. The molecule has 0 spiro atoms. The maximum absolute atomic E-state index is 14.9.